The molecule has 1 aromatic carbocycles. The first-order valence-corrected chi connectivity index (χ1v) is 5.47. The Morgan fingerprint density at radius 1 is 1.33 bits per heavy atom. The van der Waals surface area contributed by atoms with Gasteiger partial charge in [0, 0.05) is 18.7 Å². The second kappa shape index (κ2) is 3.35. The van der Waals surface area contributed by atoms with Crippen molar-refractivity contribution < 1.29 is 4.79 Å². The molecule has 0 saturated carbocycles. The van der Waals surface area contributed by atoms with E-state index in [0.717, 1.165) is 18.7 Å². The Morgan fingerprint density at radius 3 is 3.07 bits per heavy atom. The van der Waals surface area contributed by atoms with Gasteiger partial charge < -0.3 is 10.6 Å². The molecule has 0 aromatic heterocycles. The summed E-state index contributed by atoms with van der Waals surface area (Å²) in [5.41, 5.74) is 3.45. The van der Waals surface area contributed by atoms with Crippen molar-refractivity contribution in [1.29, 1.82) is 0 Å². The Labute approximate surface area is 88.9 Å². The van der Waals surface area contributed by atoms with Crippen LogP contribution in [0.3, 0.4) is 0 Å². The molecule has 0 bridgehead atoms. The summed E-state index contributed by atoms with van der Waals surface area (Å²) >= 11 is 0. The smallest absolute Gasteiger partial charge is 0.251 e. The van der Waals surface area contributed by atoms with Crippen LogP contribution < -0.4 is 10.6 Å². The molecule has 2 aliphatic heterocycles. The summed E-state index contributed by atoms with van der Waals surface area (Å²) in [4.78, 5) is 11.5. The largest absolute Gasteiger partial charge is 0.348 e. The number of benzene rings is 1. The van der Waals surface area contributed by atoms with E-state index in [-0.39, 0.29) is 5.91 Å². The second-order valence-corrected chi connectivity index (χ2v) is 4.25. The van der Waals surface area contributed by atoms with Gasteiger partial charge in [-0.05, 0) is 36.1 Å². The molecule has 0 radical (unpaired) electrons. The predicted octanol–water partition coefficient (Wildman–Crippen LogP) is 1.01. The van der Waals surface area contributed by atoms with E-state index in [1.807, 2.05) is 12.1 Å². The number of carbonyl (C=O) groups excluding carboxylic acids is 1. The third kappa shape index (κ3) is 1.35. The summed E-state index contributed by atoms with van der Waals surface area (Å²) in [7, 11) is 0. The molecule has 2 heterocycles. The van der Waals surface area contributed by atoms with E-state index >= 15 is 0 Å². The Bertz CT molecular complexity index is 408. The highest BCUT2D eigenvalue weighted by Gasteiger charge is 2.26. The number of amides is 1. The van der Waals surface area contributed by atoms with Crippen LogP contribution in [0.1, 0.15) is 33.8 Å². The van der Waals surface area contributed by atoms with Crippen molar-refractivity contribution in [3.05, 3.63) is 34.9 Å². The standard InChI is InChI=1S/C12H14N2O/c15-12-10-3-1-2-9(11(10)7-14-12)8-4-5-13-6-8/h1-3,8,13H,4-7H2,(H,14,15). The van der Waals surface area contributed by atoms with Gasteiger partial charge in [0.1, 0.15) is 0 Å². The molecular formula is C12H14N2O. The topological polar surface area (TPSA) is 41.1 Å². The van der Waals surface area contributed by atoms with Crippen LogP contribution in [0.25, 0.3) is 0 Å². The van der Waals surface area contributed by atoms with Gasteiger partial charge in [-0.1, -0.05) is 12.1 Å². The summed E-state index contributed by atoms with van der Waals surface area (Å²) < 4.78 is 0. The Hall–Kier alpha value is -1.35. The number of hydrogen-bond donors (Lipinski definition) is 2. The lowest BCUT2D eigenvalue weighted by atomic mass is 9.92. The minimum Gasteiger partial charge on any atom is -0.348 e. The van der Waals surface area contributed by atoms with Crippen LogP contribution in [0.15, 0.2) is 18.2 Å². The molecule has 1 fully saturated rings. The first kappa shape index (κ1) is 8.92. The fraction of sp³-hybridized carbons (Fsp3) is 0.417. The zero-order valence-corrected chi connectivity index (χ0v) is 8.55. The third-order valence-electron chi connectivity index (χ3n) is 3.38. The molecule has 3 heteroatoms. The van der Waals surface area contributed by atoms with Gasteiger partial charge in [-0.3, -0.25) is 4.79 Å². The van der Waals surface area contributed by atoms with E-state index in [1.54, 1.807) is 0 Å². The minimum atomic E-state index is 0.0813. The van der Waals surface area contributed by atoms with Gasteiger partial charge in [0.15, 0.2) is 0 Å². The normalized spacial score (nSPS) is 24.0. The van der Waals surface area contributed by atoms with Crippen LogP contribution in [-0.2, 0) is 6.54 Å². The van der Waals surface area contributed by atoms with E-state index in [9.17, 15) is 4.79 Å². The van der Waals surface area contributed by atoms with E-state index in [2.05, 4.69) is 16.7 Å². The number of fused-ring (bicyclic) bond motifs is 1. The average Bonchev–Trinajstić information content (AvgIpc) is 2.88. The summed E-state index contributed by atoms with van der Waals surface area (Å²) in [5, 5.41) is 6.26. The van der Waals surface area contributed by atoms with Crippen molar-refractivity contribution in [2.24, 2.45) is 0 Å². The first-order chi connectivity index (χ1) is 7.36. The summed E-state index contributed by atoms with van der Waals surface area (Å²) in [6.07, 6.45) is 1.19. The van der Waals surface area contributed by atoms with E-state index < -0.39 is 0 Å². The minimum absolute atomic E-state index is 0.0813. The van der Waals surface area contributed by atoms with Gasteiger partial charge in [-0.2, -0.15) is 0 Å². The zero-order chi connectivity index (χ0) is 10.3. The van der Waals surface area contributed by atoms with Crippen LogP contribution in [-0.4, -0.2) is 19.0 Å². The van der Waals surface area contributed by atoms with Gasteiger partial charge in [-0.25, -0.2) is 0 Å². The number of carbonyl (C=O) groups is 1. The molecule has 1 amide bonds. The Morgan fingerprint density at radius 2 is 2.27 bits per heavy atom. The van der Waals surface area contributed by atoms with Gasteiger partial charge in [0.25, 0.3) is 5.91 Å². The fourth-order valence-corrected chi connectivity index (χ4v) is 2.58. The first-order valence-electron chi connectivity index (χ1n) is 5.47. The van der Waals surface area contributed by atoms with Crippen LogP contribution in [0.2, 0.25) is 0 Å². The predicted molar refractivity (Wildman–Crippen MR) is 57.8 cm³/mol. The molecule has 0 aliphatic carbocycles. The van der Waals surface area contributed by atoms with Gasteiger partial charge in [0.05, 0.1) is 0 Å². The van der Waals surface area contributed by atoms with Crippen molar-refractivity contribution >= 4 is 5.91 Å². The van der Waals surface area contributed by atoms with Crippen molar-refractivity contribution in [2.45, 2.75) is 18.9 Å². The van der Waals surface area contributed by atoms with E-state index in [4.69, 9.17) is 0 Å². The third-order valence-corrected chi connectivity index (χ3v) is 3.38. The maximum absolute atomic E-state index is 11.5. The lowest BCUT2D eigenvalue weighted by molar-refractivity contribution is 0.0966. The second-order valence-electron chi connectivity index (χ2n) is 4.25. The number of hydrogen-bond acceptors (Lipinski definition) is 2. The summed E-state index contributed by atoms with van der Waals surface area (Å²) in [6, 6.07) is 6.08. The lowest BCUT2D eigenvalue weighted by Crippen LogP contribution is -2.12. The fourth-order valence-electron chi connectivity index (χ4n) is 2.58. The maximum Gasteiger partial charge on any atom is 0.251 e. The summed E-state index contributed by atoms with van der Waals surface area (Å²) in [5.74, 6) is 0.672. The monoisotopic (exact) mass is 202 g/mol. The lowest BCUT2D eigenvalue weighted by Gasteiger charge is -2.12. The molecule has 78 valence electrons. The van der Waals surface area contributed by atoms with Crippen LogP contribution in [0.4, 0.5) is 0 Å². The van der Waals surface area contributed by atoms with E-state index in [0.29, 0.717) is 12.5 Å². The van der Waals surface area contributed by atoms with E-state index in [1.165, 1.54) is 17.5 Å². The molecule has 1 saturated heterocycles. The molecule has 2 aliphatic rings. The highest BCUT2D eigenvalue weighted by Crippen LogP contribution is 2.29. The average molecular weight is 202 g/mol. The van der Waals surface area contributed by atoms with Crippen LogP contribution in [0, 0.1) is 0 Å². The highest BCUT2D eigenvalue weighted by atomic mass is 16.1. The number of rotatable bonds is 1. The molecule has 1 atom stereocenters. The van der Waals surface area contributed by atoms with Gasteiger partial charge in [-0.15, -0.1) is 0 Å². The van der Waals surface area contributed by atoms with Crippen molar-refractivity contribution in [3.8, 4) is 0 Å². The molecule has 0 spiro atoms. The highest BCUT2D eigenvalue weighted by molar-refractivity contribution is 5.98. The Kier molecular flexibility index (Phi) is 1.99. The SMILES string of the molecule is O=C1NCc2c1cccc2C1CCNC1. The molecule has 1 aromatic rings. The van der Waals surface area contributed by atoms with Crippen molar-refractivity contribution in [1.82, 2.24) is 10.6 Å². The molecule has 15 heavy (non-hydrogen) atoms. The molecule has 2 N–H and O–H groups in total. The van der Waals surface area contributed by atoms with Crippen molar-refractivity contribution in [2.75, 3.05) is 13.1 Å². The van der Waals surface area contributed by atoms with Crippen molar-refractivity contribution in [3.63, 3.8) is 0 Å². The zero-order valence-electron chi connectivity index (χ0n) is 8.55. The van der Waals surface area contributed by atoms with Gasteiger partial charge in [0.2, 0.25) is 0 Å². The number of nitrogens with one attached hydrogen (secondary N) is 2. The molecule has 3 nitrogen and oxygen atoms in total. The maximum atomic E-state index is 11.5. The Balaban J connectivity index is 2.05. The molecule has 1 unspecified atom stereocenters. The summed E-state index contributed by atoms with van der Waals surface area (Å²) in [6.45, 7) is 2.85. The molecular weight excluding hydrogens is 188 g/mol. The van der Waals surface area contributed by atoms with Crippen LogP contribution >= 0.6 is 0 Å². The van der Waals surface area contributed by atoms with Gasteiger partial charge >= 0.3 is 0 Å². The van der Waals surface area contributed by atoms with Crippen LogP contribution in [0.5, 0.6) is 0 Å². The molecule has 3 rings (SSSR count). The quantitative estimate of drug-likeness (QED) is 0.713.